The van der Waals surface area contributed by atoms with Gasteiger partial charge in [-0.2, -0.15) is 0 Å². The maximum atomic E-state index is 12.5. The fraction of sp³-hybridized carbons (Fsp3) is 0.333. The molecule has 2 heterocycles. The molecule has 0 N–H and O–H groups in total. The number of fused-ring (bicyclic) bond motifs is 1. The zero-order valence-electron chi connectivity index (χ0n) is 17.0. The number of Topliss-reactive ketones (excluding diaryl/α,β-unsaturated/α-hetero) is 1. The Morgan fingerprint density at radius 2 is 1.90 bits per heavy atom. The number of pyridine rings is 1. The van der Waals surface area contributed by atoms with Gasteiger partial charge in [0.15, 0.2) is 5.78 Å². The molecule has 0 aliphatic carbocycles. The second-order valence-electron chi connectivity index (χ2n) is 7.05. The first kappa shape index (κ1) is 22.7. The van der Waals surface area contributed by atoms with E-state index in [1.807, 2.05) is 36.6 Å². The number of ketones is 1. The lowest BCUT2D eigenvalue weighted by molar-refractivity contribution is 0.102. The Morgan fingerprint density at radius 1 is 1.23 bits per heavy atom. The molecule has 0 bridgehead atoms. The summed E-state index contributed by atoms with van der Waals surface area (Å²) < 4.78 is 27.1. The van der Waals surface area contributed by atoms with E-state index in [0.29, 0.717) is 35.6 Å². The molecule has 3 rings (SSSR count). The van der Waals surface area contributed by atoms with Gasteiger partial charge in [0, 0.05) is 35.7 Å². The molecule has 6 nitrogen and oxygen atoms in total. The quantitative estimate of drug-likeness (QED) is 0.366. The molecule has 0 aliphatic rings. The number of rotatable bonds is 8. The molecular weight excluding hydrogens is 445 g/mol. The Bertz CT molecular complexity index is 1190. The number of nitrogens with zero attached hydrogens (tertiary/aromatic N) is 3. The van der Waals surface area contributed by atoms with E-state index in [9.17, 15) is 13.2 Å². The number of benzene rings is 1. The van der Waals surface area contributed by atoms with E-state index < -0.39 is 10.0 Å². The van der Waals surface area contributed by atoms with Crippen molar-refractivity contribution in [3.05, 3.63) is 58.4 Å². The number of halogens is 2. The molecule has 0 amide bonds. The van der Waals surface area contributed by atoms with Gasteiger partial charge in [-0.3, -0.25) is 9.78 Å². The second kappa shape index (κ2) is 9.06. The van der Waals surface area contributed by atoms with E-state index in [1.165, 1.54) is 10.6 Å². The van der Waals surface area contributed by atoms with Crippen LogP contribution in [0, 0.1) is 6.92 Å². The molecule has 0 saturated heterocycles. The van der Waals surface area contributed by atoms with Crippen LogP contribution in [0.4, 0.5) is 0 Å². The third-order valence-corrected chi connectivity index (χ3v) is 6.93. The van der Waals surface area contributed by atoms with Gasteiger partial charge in [0.05, 0.1) is 28.7 Å². The van der Waals surface area contributed by atoms with Crippen LogP contribution in [0.3, 0.4) is 0 Å². The zero-order chi connectivity index (χ0) is 22.1. The molecule has 0 radical (unpaired) electrons. The number of carbonyl (C=O) groups excluding carboxylic acids is 1. The number of likely N-dealkylation sites (N-methyl/N-ethyl adjacent to an activating group) is 1. The number of aromatic nitrogens is 2. The molecule has 0 aliphatic heterocycles. The van der Waals surface area contributed by atoms with Crippen LogP contribution < -0.4 is 0 Å². The van der Waals surface area contributed by atoms with Crippen LogP contribution in [-0.4, -0.2) is 53.3 Å². The van der Waals surface area contributed by atoms with Crippen LogP contribution in [0.1, 0.15) is 28.5 Å². The Kier molecular flexibility index (Phi) is 6.87. The standard InChI is InChI=1S/C21H23Cl2N3O3S/c1-4-25(30(3,28)29)10-9-15-11-18-21(24-13-15)20(19(27)12-22)14(2)26(18)17-7-5-16(23)6-8-17/h5-8,11,13H,4,9-10,12H2,1-3H3. The van der Waals surface area contributed by atoms with Gasteiger partial charge in [0.2, 0.25) is 10.0 Å². The molecule has 1 aromatic carbocycles. The summed E-state index contributed by atoms with van der Waals surface area (Å²) in [6.07, 6.45) is 3.40. The van der Waals surface area contributed by atoms with Gasteiger partial charge in [-0.15, -0.1) is 11.6 Å². The maximum absolute atomic E-state index is 12.5. The monoisotopic (exact) mass is 467 g/mol. The van der Waals surface area contributed by atoms with Gasteiger partial charge in [0.25, 0.3) is 0 Å². The highest BCUT2D eigenvalue weighted by Gasteiger charge is 2.22. The van der Waals surface area contributed by atoms with Crippen LogP contribution in [0.25, 0.3) is 16.7 Å². The van der Waals surface area contributed by atoms with Crippen LogP contribution in [0.15, 0.2) is 36.5 Å². The van der Waals surface area contributed by atoms with Crippen molar-refractivity contribution in [1.82, 2.24) is 13.9 Å². The van der Waals surface area contributed by atoms with Gasteiger partial charge in [-0.25, -0.2) is 12.7 Å². The summed E-state index contributed by atoms with van der Waals surface area (Å²) >= 11 is 11.9. The largest absolute Gasteiger partial charge is 0.312 e. The van der Waals surface area contributed by atoms with E-state index >= 15 is 0 Å². The molecule has 3 aromatic rings. The third kappa shape index (κ3) is 4.54. The second-order valence-corrected chi connectivity index (χ2v) is 9.73. The van der Waals surface area contributed by atoms with Crippen molar-refractivity contribution in [1.29, 1.82) is 0 Å². The van der Waals surface area contributed by atoms with Gasteiger partial charge in [-0.05, 0) is 49.2 Å². The molecule has 30 heavy (non-hydrogen) atoms. The zero-order valence-corrected chi connectivity index (χ0v) is 19.4. The molecule has 0 unspecified atom stereocenters. The Labute approximate surface area is 186 Å². The fourth-order valence-corrected chi connectivity index (χ4v) is 4.75. The van der Waals surface area contributed by atoms with E-state index in [1.54, 1.807) is 18.3 Å². The third-order valence-electron chi connectivity index (χ3n) is 5.06. The van der Waals surface area contributed by atoms with Gasteiger partial charge >= 0.3 is 0 Å². The number of alkyl halides is 1. The Morgan fingerprint density at radius 3 is 2.47 bits per heavy atom. The molecular formula is C21H23Cl2N3O3S. The molecule has 0 atom stereocenters. The number of carbonyl (C=O) groups is 1. The summed E-state index contributed by atoms with van der Waals surface area (Å²) in [5, 5.41) is 0.615. The van der Waals surface area contributed by atoms with Crippen LogP contribution in [0.5, 0.6) is 0 Å². The first-order valence-electron chi connectivity index (χ1n) is 9.47. The summed E-state index contributed by atoms with van der Waals surface area (Å²) in [7, 11) is -3.26. The highest BCUT2D eigenvalue weighted by Crippen LogP contribution is 2.30. The van der Waals surface area contributed by atoms with Gasteiger partial charge in [0.1, 0.15) is 0 Å². The number of sulfonamides is 1. The normalized spacial score (nSPS) is 12.1. The summed E-state index contributed by atoms with van der Waals surface area (Å²) in [6.45, 7) is 4.43. The Hall–Kier alpha value is -1.93. The van der Waals surface area contributed by atoms with Crippen molar-refractivity contribution in [2.24, 2.45) is 0 Å². The van der Waals surface area contributed by atoms with E-state index in [2.05, 4.69) is 4.98 Å². The Balaban J connectivity index is 2.11. The minimum absolute atomic E-state index is 0.135. The number of hydrogen-bond acceptors (Lipinski definition) is 4. The van der Waals surface area contributed by atoms with E-state index in [4.69, 9.17) is 23.2 Å². The lowest BCUT2D eigenvalue weighted by Crippen LogP contribution is -2.31. The average molecular weight is 468 g/mol. The van der Waals surface area contributed by atoms with E-state index in [0.717, 1.165) is 22.5 Å². The van der Waals surface area contributed by atoms with Crippen molar-refractivity contribution in [3.8, 4) is 5.69 Å². The molecule has 9 heteroatoms. The smallest absolute Gasteiger partial charge is 0.211 e. The predicted octanol–water partition coefficient (Wildman–Crippen LogP) is 4.23. The fourth-order valence-electron chi connectivity index (χ4n) is 3.59. The summed E-state index contributed by atoms with van der Waals surface area (Å²) in [5.41, 5.74) is 4.31. The van der Waals surface area contributed by atoms with Gasteiger partial charge < -0.3 is 4.57 Å². The summed E-state index contributed by atoms with van der Waals surface area (Å²) in [5.74, 6) is -0.328. The molecule has 0 saturated carbocycles. The minimum Gasteiger partial charge on any atom is -0.312 e. The maximum Gasteiger partial charge on any atom is 0.211 e. The van der Waals surface area contributed by atoms with Crippen molar-refractivity contribution < 1.29 is 13.2 Å². The van der Waals surface area contributed by atoms with Crippen molar-refractivity contribution in [3.63, 3.8) is 0 Å². The van der Waals surface area contributed by atoms with Crippen LogP contribution >= 0.6 is 23.2 Å². The van der Waals surface area contributed by atoms with E-state index in [-0.39, 0.29) is 11.7 Å². The first-order chi connectivity index (χ1) is 14.2. The average Bonchev–Trinajstić information content (AvgIpc) is 2.98. The molecule has 0 fully saturated rings. The molecule has 2 aromatic heterocycles. The lowest BCUT2D eigenvalue weighted by Gasteiger charge is -2.17. The number of hydrogen-bond donors (Lipinski definition) is 0. The molecule has 0 spiro atoms. The lowest BCUT2D eigenvalue weighted by atomic mass is 10.1. The minimum atomic E-state index is -3.26. The topological polar surface area (TPSA) is 72.3 Å². The van der Waals surface area contributed by atoms with Crippen LogP contribution in [-0.2, 0) is 16.4 Å². The first-order valence-corrected chi connectivity index (χ1v) is 12.2. The summed E-state index contributed by atoms with van der Waals surface area (Å²) in [4.78, 5) is 17.1. The summed E-state index contributed by atoms with van der Waals surface area (Å²) in [6, 6.07) is 9.27. The van der Waals surface area contributed by atoms with Crippen molar-refractivity contribution in [2.45, 2.75) is 20.3 Å². The highest BCUT2D eigenvalue weighted by atomic mass is 35.5. The highest BCUT2D eigenvalue weighted by molar-refractivity contribution is 7.88. The van der Waals surface area contributed by atoms with Gasteiger partial charge in [-0.1, -0.05) is 18.5 Å². The van der Waals surface area contributed by atoms with Crippen molar-refractivity contribution in [2.75, 3.05) is 25.2 Å². The van der Waals surface area contributed by atoms with Crippen molar-refractivity contribution >= 4 is 50.0 Å². The SMILES string of the molecule is CCN(CCc1cnc2c(C(=O)CCl)c(C)n(-c3ccc(Cl)cc3)c2c1)S(C)(=O)=O. The predicted molar refractivity (Wildman–Crippen MR) is 122 cm³/mol. The van der Waals surface area contributed by atoms with Crippen LogP contribution in [0.2, 0.25) is 5.02 Å². The molecule has 160 valence electrons.